The van der Waals surface area contributed by atoms with Crippen molar-refractivity contribution in [2.45, 2.75) is 51.1 Å². The van der Waals surface area contributed by atoms with Gasteiger partial charge in [0, 0.05) is 64.3 Å². The Kier molecular flexibility index (Phi) is 11.7. The van der Waals surface area contributed by atoms with E-state index in [2.05, 4.69) is 9.97 Å². The molecule has 0 aliphatic carbocycles. The molecule has 69 heavy (non-hydrogen) atoms. The third-order valence-electron chi connectivity index (χ3n) is 12.8. The molecule has 360 valence electrons. The predicted molar refractivity (Wildman–Crippen MR) is 250 cm³/mol. The molecule has 4 aromatic heterocycles. The van der Waals surface area contributed by atoms with Crippen LogP contribution in [-0.2, 0) is 53.1 Å². The average Bonchev–Trinajstić information content (AvgIpc) is 3.75. The average molecular weight is 949 g/mol. The second-order valence-electron chi connectivity index (χ2n) is 16.3. The molecule has 3 aromatic carbocycles. The van der Waals surface area contributed by atoms with Gasteiger partial charge in [-0.1, -0.05) is 18.2 Å². The van der Waals surface area contributed by atoms with E-state index in [9.17, 15) is 33.9 Å². The summed E-state index contributed by atoms with van der Waals surface area (Å²) in [6.07, 6.45) is 4.88. The Hall–Kier alpha value is -8.50. The third kappa shape index (κ3) is 7.36. The van der Waals surface area contributed by atoms with E-state index in [4.69, 9.17) is 28.4 Å². The van der Waals surface area contributed by atoms with E-state index in [1.807, 2.05) is 0 Å². The number of fused-ring (bicyclic) bond motifs is 6. The lowest BCUT2D eigenvalue weighted by Crippen LogP contribution is -2.46. The molecule has 7 aromatic rings. The van der Waals surface area contributed by atoms with Crippen LogP contribution >= 0.6 is 0 Å². The molecule has 0 amide bonds. The van der Waals surface area contributed by atoms with Gasteiger partial charge in [-0.05, 0) is 23.3 Å². The number of aromatic nitrogens is 10. The van der Waals surface area contributed by atoms with Crippen molar-refractivity contribution in [2.24, 2.45) is 14.1 Å². The van der Waals surface area contributed by atoms with Crippen molar-refractivity contribution in [2.75, 3.05) is 42.7 Å². The van der Waals surface area contributed by atoms with Gasteiger partial charge in [-0.25, -0.2) is 57.0 Å². The number of methoxy groups -OCH3 is 6. The zero-order valence-electron chi connectivity index (χ0n) is 38.9. The van der Waals surface area contributed by atoms with Crippen LogP contribution in [0.1, 0.15) is 29.0 Å². The normalized spacial score (nSPS) is 15.2. The molecular formula is C46H48N10O13. The van der Waals surface area contributed by atoms with Crippen molar-refractivity contribution < 1.29 is 33.5 Å². The molecule has 2 aliphatic heterocycles. The number of aryl methyl sites for hydroxylation is 4. The maximum absolute atomic E-state index is 14.6. The Balaban J connectivity index is 1.11. The van der Waals surface area contributed by atoms with Crippen LogP contribution in [0.25, 0.3) is 28.1 Å². The van der Waals surface area contributed by atoms with E-state index in [0.29, 0.717) is 56.2 Å². The van der Waals surface area contributed by atoms with Crippen molar-refractivity contribution in [3.05, 3.63) is 134 Å². The molecule has 6 heterocycles. The minimum absolute atomic E-state index is 0.0665. The van der Waals surface area contributed by atoms with Crippen molar-refractivity contribution in [3.8, 4) is 40.2 Å². The molecule has 0 radical (unpaired) electrons. The van der Waals surface area contributed by atoms with Crippen molar-refractivity contribution in [1.29, 1.82) is 0 Å². The van der Waals surface area contributed by atoms with Gasteiger partial charge in [0.05, 0.1) is 89.9 Å². The molecule has 2 atom stereocenters. The van der Waals surface area contributed by atoms with Crippen LogP contribution in [0, 0.1) is 0 Å². The Morgan fingerprint density at radius 1 is 0.594 bits per heavy atom. The smallest absolute Gasteiger partial charge is 0.348 e. The summed E-state index contributed by atoms with van der Waals surface area (Å²) in [6.45, 7) is -0.729. The summed E-state index contributed by atoms with van der Waals surface area (Å²) in [5.74, 6) is 1.62. The van der Waals surface area contributed by atoms with Crippen LogP contribution < -0.4 is 62.3 Å². The van der Waals surface area contributed by atoms with Gasteiger partial charge in [0.25, 0.3) is 11.1 Å². The van der Waals surface area contributed by atoms with Gasteiger partial charge in [0.15, 0.2) is 34.5 Å². The number of aromatic hydroxyl groups is 1. The minimum atomic E-state index is -0.996. The Morgan fingerprint density at radius 3 is 1.52 bits per heavy atom. The molecule has 2 unspecified atom stereocenters. The Morgan fingerprint density at radius 2 is 1.04 bits per heavy atom. The molecule has 9 rings (SSSR count). The quantitative estimate of drug-likeness (QED) is 0.150. The number of hydrogen-bond donors (Lipinski definition) is 1. The summed E-state index contributed by atoms with van der Waals surface area (Å²) >= 11 is 0. The topological polar surface area (TPSA) is 243 Å². The Labute approximate surface area is 389 Å². The summed E-state index contributed by atoms with van der Waals surface area (Å²) in [5.41, 5.74) is -0.594. The van der Waals surface area contributed by atoms with Crippen LogP contribution in [0.5, 0.6) is 40.2 Å². The number of rotatable bonds is 14. The number of phenols is 1. The first kappa shape index (κ1) is 45.6. The van der Waals surface area contributed by atoms with Crippen molar-refractivity contribution in [1.82, 2.24) is 47.0 Å². The zero-order chi connectivity index (χ0) is 49.2. The van der Waals surface area contributed by atoms with Gasteiger partial charge < -0.3 is 42.7 Å². The summed E-state index contributed by atoms with van der Waals surface area (Å²) < 4.78 is 42.3. The van der Waals surface area contributed by atoms with Gasteiger partial charge in [-0.15, -0.1) is 0 Å². The molecule has 23 nitrogen and oxygen atoms in total. The van der Waals surface area contributed by atoms with E-state index >= 15 is 0 Å². The highest BCUT2D eigenvalue weighted by atomic mass is 16.5. The monoisotopic (exact) mass is 948 g/mol. The first-order chi connectivity index (χ1) is 33.2. The number of allylic oxidation sites excluding steroid dienone is 3. The fourth-order valence-corrected chi connectivity index (χ4v) is 9.23. The molecule has 0 saturated heterocycles. The van der Waals surface area contributed by atoms with Crippen LogP contribution in [0.2, 0.25) is 0 Å². The lowest BCUT2D eigenvalue weighted by atomic mass is 9.94. The zero-order valence-corrected chi connectivity index (χ0v) is 38.9. The van der Waals surface area contributed by atoms with Gasteiger partial charge in [-0.3, -0.25) is 9.59 Å². The molecule has 0 fully saturated rings. The van der Waals surface area contributed by atoms with E-state index < -0.39 is 46.0 Å². The van der Waals surface area contributed by atoms with Crippen LogP contribution in [0.4, 0.5) is 0 Å². The fraction of sp³-hybridized carbons (Fsp3) is 0.348. The number of hydrogen-bond acceptors (Lipinski definition) is 15. The Bertz CT molecular complexity index is 3670. The van der Waals surface area contributed by atoms with E-state index in [0.717, 1.165) is 9.13 Å². The first-order valence-corrected chi connectivity index (χ1v) is 21.6. The first-order valence-electron chi connectivity index (χ1n) is 21.6. The fourth-order valence-electron chi connectivity index (χ4n) is 9.23. The standard InChI is InChI=1S/C46H48N10O13/c1-49-31-21-36(66-5)34(64-3)19-28(31)47-26(41(49)58)12-14-51-43(60)53-16-11-25-30(10-9-24-17-38(68-7)40(57)39(18-24)69-8)55-45(62)52(44(61)54(55)23-33(25)56(53)46(51)63)15-13-27-42(59)50(2)32-22-37(67-6)35(65-4)20-29(32)48-27/h9-11,17-22,30,33,57H,12-16,23H2,1-8H3. The van der Waals surface area contributed by atoms with Crippen LogP contribution in [0.15, 0.2) is 82.9 Å². The highest BCUT2D eigenvalue weighted by molar-refractivity contribution is 5.80. The summed E-state index contributed by atoms with van der Waals surface area (Å²) in [5, 5.41) is 10.6. The number of ether oxygens (including phenoxy) is 6. The predicted octanol–water partition coefficient (Wildman–Crippen LogP) is 1.12. The molecule has 23 heteroatoms. The summed E-state index contributed by atoms with van der Waals surface area (Å²) in [4.78, 5) is 94.0. The van der Waals surface area contributed by atoms with Gasteiger partial charge in [-0.2, -0.15) is 0 Å². The van der Waals surface area contributed by atoms with Crippen molar-refractivity contribution in [3.63, 3.8) is 0 Å². The second-order valence-corrected chi connectivity index (χ2v) is 16.3. The van der Waals surface area contributed by atoms with Crippen molar-refractivity contribution >= 4 is 28.1 Å². The molecule has 0 bridgehead atoms. The lowest BCUT2D eigenvalue weighted by molar-refractivity contribution is 0.249. The largest absolute Gasteiger partial charge is 0.502 e. The van der Waals surface area contributed by atoms with Gasteiger partial charge >= 0.3 is 22.8 Å². The number of phenolic OH excluding ortho intramolecular Hbond substituents is 1. The molecule has 2 aliphatic rings. The summed E-state index contributed by atoms with van der Waals surface area (Å²) in [7, 11) is 11.8. The van der Waals surface area contributed by atoms with Crippen LogP contribution in [-0.4, -0.2) is 94.7 Å². The highest BCUT2D eigenvalue weighted by Gasteiger charge is 2.40. The highest BCUT2D eigenvalue weighted by Crippen LogP contribution is 2.39. The SMILES string of the molecule is COc1cc2nc(CCn3c(=O)n4n(c3=O)C(C=Cc3cc(OC)c(O)c(OC)c3)C3=CCn5c(=O)n(CCc6nc7cc(OC)c(OC)cc7n(C)c6=O)c(=O)n5C3C4)c(=O)n(C)c2cc1OC. The van der Waals surface area contributed by atoms with Gasteiger partial charge in [0.2, 0.25) is 5.75 Å². The maximum Gasteiger partial charge on any atom is 0.348 e. The van der Waals surface area contributed by atoms with E-state index in [1.165, 1.54) is 70.5 Å². The number of nitrogens with zero attached hydrogens (tertiary/aromatic N) is 10. The van der Waals surface area contributed by atoms with E-state index in [1.54, 1.807) is 68.7 Å². The lowest BCUT2D eigenvalue weighted by Gasteiger charge is -2.36. The number of benzene rings is 3. The minimum Gasteiger partial charge on any atom is -0.502 e. The summed E-state index contributed by atoms with van der Waals surface area (Å²) in [6, 6.07) is 7.72. The van der Waals surface area contributed by atoms with Crippen LogP contribution in [0.3, 0.4) is 0 Å². The maximum atomic E-state index is 14.6. The molecular weight excluding hydrogens is 901 g/mol. The second kappa shape index (κ2) is 17.6. The molecule has 0 saturated carbocycles. The molecule has 1 N–H and O–H groups in total. The molecule has 0 spiro atoms. The third-order valence-corrected chi connectivity index (χ3v) is 12.8. The van der Waals surface area contributed by atoms with E-state index in [-0.39, 0.29) is 67.7 Å². The van der Waals surface area contributed by atoms with Gasteiger partial charge in [0.1, 0.15) is 11.4 Å².